The Morgan fingerprint density at radius 3 is 2.45 bits per heavy atom. The van der Waals surface area contributed by atoms with E-state index in [0.29, 0.717) is 24.4 Å². The van der Waals surface area contributed by atoms with Crippen LogP contribution in [0, 0.1) is 11.8 Å². The van der Waals surface area contributed by atoms with Gasteiger partial charge in [-0.1, -0.05) is 24.0 Å². The fourth-order valence-corrected chi connectivity index (χ4v) is 3.25. The Hall–Kier alpha value is -3.54. The number of benzene rings is 1. The largest absolute Gasteiger partial charge is 0.502 e. The molecule has 8 nitrogen and oxygen atoms in total. The second-order valence-corrected chi connectivity index (χ2v) is 7.25. The van der Waals surface area contributed by atoms with Crippen LogP contribution in [0.15, 0.2) is 47.8 Å². The minimum atomic E-state index is -0.550. The van der Waals surface area contributed by atoms with Gasteiger partial charge < -0.3 is 14.8 Å². The highest BCUT2D eigenvalue weighted by atomic mass is 16.5. The number of nitrogens with one attached hydrogen (secondary N) is 1. The van der Waals surface area contributed by atoms with Crippen LogP contribution in [0.5, 0.6) is 5.75 Å². The minimum absolute atomic E-state index is 0.327. The van der Waals surface area contributed by atoms with Crippen LogP contribution in [0.4, 0.5) is 0 Å². The van der Waals surface area contributed by atoms with Gasteiger partial charge >= 0.3 is 0 Å². The van der Waals surface area contributed by atoms with Crippen molar-refractivity contribution in [2.75, 3.05) is 26.3 Å². The predicted octanol–water partition coefficient (Wildman–Crippen LogP) is 1.28. The number of ether oxygens (including phenoxy) is 1. The Balaban J connectivity index is 1.33. The molecule has 0 unspecified atom stereocenters. The number of hydrogen-bond donors (Lipinski definition) is 2. The van der Waals surface area contributed by atoms with E-state index in [1.54, 1.807) is 12.4 Å². The lowest BCUT2D eigenvalue weighted by molar-refractivity contribution is 0.0342. The smallest absolute Gasteiger partial charge is 0.293 e. The monoisotopic (exact) mass is 417 g/mol. The molecule has 0 atom stereocenters. The lowest BCUT2D eigenvalue weighted by Gasteiger charge is -2.26. The summed E-state index contributed by atoms with van der Waals surface area (Å²) in [5.74, 6) is 6.45. The first-order chi connectivity index (χ1) is 15.2. The molecule has 3 heterocycles. The number of aryl methyl sites for hydroxylation is 2. The number of rotatable bonds is 5. The standard InChI is InChI=1S/C23H23N5O3/c29-22-20(26-16-27-23(22)30)7-8-21-24-13-19(14-25-21)6-3-17-1-4-18(5-2-17)15-28-9-11-31-12-10-28/h1-2,4-5,13-14,16,29H,7-12,15H2,(H,26,27,30). The Bertz CT molecular complexity index is 1120. The van der Waals surface area contributed by atoms with Crippen molar-refractivity contribution in [3.63, 3.8) is 0 Å². The van der Waals surface area contributed by atoms with Gasteiger partial charge in [-0.05, 0) is 17.7 Å². The maximum atomic E-state index is 11.4. The summed E-state index contributed by atoms with van der Waals surface area (Å²) >= 11 is 0. The average molecular weight is 417 g/mol. The normalized spacial score (nSPS) is 14.1. The van der Waals surface area contributed by atoms with E-state index in [0.717, 1.165) is 44.0 Å². The summed E-state index contributed by atoms with van der Waals surface area (Å²) in [4.78, 5) is 28.7. The number of hydrogen-bond acceptors (Lipinski definition) is 7. The molecule has 31 heavy (non-hydrogen) atoms. The van der Waals surface area contributed by atoms with E-state index in [1.165, 1.54) is 11.9 Å². The van der Waals surface area contributed by atoms with Crippen LogP contribution in [0.25, 0.3) is 0 Å². The van der Waals surface area contributed by atoms with Crippen LogP contribution < -0.4 is 5.56 Å². The number of H-pyrrole nitrogens is 1. The van der Waals surface area contributed by atoms with Gasteiger partial charge in [-0.25, -0.2) is 15.0 Å². The van der Waals surface area contributed by atoms with E-state index in [9.17, 15) is 9.90 Å². The Labute approximate surface area is 180 Å². The van der Waals surface area contributed by atoms with E-state index in [-0.39, 0.29) is 5.75 Å². The van der Waals surface area contributed by atoms with E-state index in [4.69, 9.17) is 4.74 Å². The van der Waals surface area contributed by atoms with E-state index < -0.39 is 5.56 Å². The maximum Gasteiger partial charge on any atom is 0.293 e. The predicted molar refractivity (Wildman–Crippen MR) is 114 cm³/mol. The van der Waals surface area contributed by atoms with Crippen molar-refractivity contribution < 1.29 is 9.84 Å². The van der Waals surface area contributed by atoms with Gasteiger partial charge in [0.1, 0.15) is 5.82 Å². The van der Waals surface area contributed by atoms with Crippen LogP contribution in [0.3, 0.4) is 0 Å². The number of aromatic amines is 1. The first-order valence-corrected chi connectivity index (χ1v) is 10.1. The molecule has 4 rings (SSSR count). The van der Waals surface area contributed by atoms with E-state index >= 15 is 0 Å². The van der Waals surface area contributed by atoms with Crippen LogP contribution >= 0.6 is 0 Å². The van der Waals surface area contributed by atoms with Gasteiger partial charge in [0.25, 0.3) is 5.56 Å². The zero-order chi connectivity index (χ0) is 21.5. The molecule has 1 saturated heterocycles. The summed E-state index contributed by atoms with van der Waals surface area (Å²) < 4.78 is 5.39. The maximum absolute atomic E-state index is 11.4. The fraction of sp³-hybridized carbons (Fsp3) is 0.304. The van der Waals surface area contributed by atoms with Crippen molar-refractivity contribution in [2.45, 2.75) is 19.4 Å². The molecule has 0 aliphatic carbocycles. The highest BCUT2D eigenvalue weighted by Crippen LogP contribution is 2.10. The zero-order valence-electron chi connectivity index (χ0n) is 17.0. The Kier molecular flexibility index (Phi) is 6.67. The van der Waals surface area contributed by atoms with Crippen LogP contribution in [-0.2, 0) is 24.1 Å². The molecule has 2 aromatic heterocycles. The van der Waals surface area contributed by atoms with Crippen molar-refractivity contribution >= 4 is 0 Å². The summed E-state index contributed by atoms with van der Waals surface area (Å²) in [6.07, 6.45) is 5.45. The second-order valence-electron chi connectivity index (χ2n) is 7.25. The first-order valence-electron chi connectivity index (χ1n) is 10.1. The van der Waals surface area contributed by atoms with Crippen molar-refractivity contribution in [1.82, 2.24) is 24.8 Å². The van der Waals surface area contributed by atoms with Crippen molar-refractivity contribution in [2.24, 2.45) is 0 Å². The first kappa shape index (κ1) is 20.7. The minimum Gasteiger partial charge on any atom is -0.502 e. The number of nitrogens with zero attached hydrogens (tertiary/aromatic N) is 4. The average Bonchev–Trinajstić information content (AvgIpc) is 2.81. The van der Waals surface area contributed by atoms with Gasteiger partial charge in [0.15, 0.2) is 0 Å². The highest BCUT2D eigenvalue weighted by molar-refractivity contribution is 5.42. The number of aromatic nitrogens is 4. The summed E-state index contributed by atoms with van der Waals surface area (Å²) in [6, 6.07) is 8.27. The molecule has 1 aromatic carbocycles. The molecule has 0 saturated carbocycles. The topological polar surface area (TPSA) is 104 Å². The third-order valence-corrected chi connectivity index (χ3v) is 5.01. The molecular formula is C23H23N5O3. The molecule has 1 fully saturated rings. The third-order valence-electron chi connectivity index (χ3n) is 5.01. The summed E-state index contributed by atoms with van der Waals surface area (Å²) in [6.45, 7) is 4.47. The zero-order valence-corrected chi connectivity index (χ0v) is 17.0. The lowest BCUT2D eigenvalue weighted by Crippen LogP contribution is -2.35. The van der Waals surface area contributed by atoms with Crippen LogP contribution in [-0.4, -0.2) is 56.2 Å². The molecular weight excluding hydrogens is 394 g/mol. The van der Waals surface area contributed by atoms with Gasteiger partial charge in [0.2, 0.25) is 5.75 Å². The summed E-state index contributed by atoms with van der Waals surface area (Å²) in [5, 5.41) is 9.72. The SMILES string of the molecule is O=c1[nH]cnc(CCc2ncc(C#Cc3ccc(CN4CCOCC4)cc3)cn2)c1O. The Morgan fingerprint density at radius 2 is 1.71 bits per heavy atom. The number of aromatic hydroxyl groups is 1. The van der Waals surface area contributed by atoms with Gasteiger partial charge in [-0.15, -0.1) is 0 Å². The van der Waals surface area contributed by atoms with Gasteiger partial charge in [-0.2, -0.15) is 0 Å². The second kappa shape index (κ2) is 9.98. The van der Waals surface area contributed by atoms with Crippen LogP contribution in [0.2, 0.25) is 0 Å². The molecule has 0 bridgehead atoms. The van der Waals surface area contributed by atoms with E-state index in [1.807, 2.05) is 12.1 Å². The fourth-order valence-electron chi connectivity index (χ4n) is 3.25. The quantitative estimate of drug-likeness (QED) is 0.603. The van der Waals surface area contributed by atoms with Gasteiger partial charge in [-0.3, -0.25) is 9.69 Å². The molecule has 0 spiro atoms. The molecule has 0 amide bonds. The molecule has 8 heteroatoms. The number of morpholine rings is 1. The molecule has 3 aromatic rings. The van der Waals surface area contributed by atoms with Crippen molar-refractivity contribution in [3.8, 4) is 17.6 Å². The van der Waals surface area contributed by atoms with Gasteiger partial charge in [0.05, 0.1) is 30.8 Å². The third kappa shape index (κ3) is 5.75. The Morgan fingerprint density at radius 1 is 1.00 bits per heavy atom. The van der Waals surface area contributed by atoms with Crippen molar-refractivity contribution in [3.05, 3.63) is 81.5 Å². The summed E-state index contributed by atoms with van der Waals surface area (Å²) in [7, 11) is 0. The molecule has 0 radical (unpaired) electrons. The van der Waals surface area contributed by atoms with Crippen LogP contribution in [0.1, 0.15) is 28.2 Å². The molecule has 158 valence electrons. The highest BCUT2D eigenvalue weighted by Gasteiger charge is 2.10. The van der Waals surface area contributed by atoms with Gasteiger partial charge in [0, 0.05) is 50.4 Å². The molecule has 1 aliphatic rings. The lowest BCUT2D eigenvalue weighted by atomic mass is 10.1. The molecule has 2 N–H and O–H groups in total. The van der Waals surface area contributed by atoms with Crippen molar-refractivity contribution in [1.29, 1.82) is 0 Å². The van der Waals surface area contributed by atoms with E-state index in [2.05, 4.69) is 48.8 Å². The molecule has 1 aliphatic heterocycles. The summed E-state index contributed by atoms with van der Waals surface area (Å²) in [5.41, 5.74) is 2.70.